The highest BCUT2D eigenvalue weighted by Crippen LogP contribution is 2.36. The van der Waals surface area contributed by atoms with Gasteiger partial charge in [0.2, 0.25) is 5.91 Å². The SMILES string of the molecule is CCC(C)(C)C(=O)NC(C)(C)CS([O-])(O)O. The van der Waals surface area contributed by atoms with Crippen LogP contribution in [0.2, 0.25) is 0 Å². The Morgan fingerprint density at radius 1 is 1.31 bits per heavy atom. The second-order valence-corrected chi connectivity index (χ2v) is 6.83. The first-order valence-corrected chi connectivity index (χ1v) is 6.83. The lowest BCUT2D eigenvalue weighted by Crippen LogP contribution is -2.51. The molecule has 6 heteroatoms. The molecule has 0 aromatic heterocycles. The van der Waals surface area contributed by atoms with Crippen LogP contribution in [-0.2, 0) is 4.79 Å². The molecule has 0 spiro atoms. The van der Waals surface area contributed by atoms with E-state index in [1.54, 1.807) is 27.7 Å². The zero-order valence-electron chi connectivity index (χ0n) is 10.5. The predicted molar refractivity (Wildman–Crippen MR) is 64.8 cm³/mol. The second-order valence-electron chi connectivity index (χ2n) is 5.33. The van der Waals surface area contributed by atoms with E-state index >= 15 is 0 Å². The molecule has 0 atom stereocenters. The molecule has 3 N–H and O–H groups in total. The van der Waals surface area contributed by atoms with Crippen molar-refractivity contribution in [1.82, 2.24) is 5.32 Å². The van der Waals surface area contributed by atoms with Crippen LogP contribution in [0.1, 0.15) is 41.0 Å². The van der Waals surface area contributed by atoms with Gasteiger partial charge >= 0.3 is 0 Å². The normalized spacial score (nSPS) is 14.8. The topological polar surface area (TPSA) is 92.6 Å². The Morgan fingerprint density at radius 3 is 2.06 bits per heavy atom. The molecule has 0 rings (SSSR count). The number of hydrogen-bond acceptors (Lipinski definition) is 4. The molecule has 0 saturated heterocycles. The lowest BCUT2D eigenvalue weighted by atomic mass is 9.88. The molecular formula is C10H22NO4S-. The standard InChI is InChI=1S/C10H23NO4S/c1-6-9(2,3)8(12)11-10(4,5)7-16(13,14)15/h13-15H,6-7H2,1-5H3,(H,11,12)/p-1. The molecular weight excluding hydrogens is 230 g/mol. The summed E-state index contributed by atoms with van der Waals surface area (Å²) in [6.07, 6.45) is 0.669. The van der Waals surface area contributed by atoms with Crippen LogP contribution < -0.4 is 5.32 Å². The van der Waals surface area contributed by atoms with Crippen molar-refractivity contribution in [2.24, 2.45) is 5.41 Å². The van der Waals surface area contributed by atoms with Crippen molar-refractivity contribution in [1.29, 1.82) is 0 Å². The zero-order chi connectivity index (χ0) is 13.2. The molecule has 1 amide bonds. The summed E-state index contributed by atoms with van der Waals surface area (Å²) in [6, 6.07) is 0. The molecule has 0 aromatic rings. The summed E-state index contributed by atoms with van der Waals surface area (Å²) in [4.78, 5) is 11.8. The van der Waals surface area contributed by atoms with Crippen molar-refractivity contribution in [3.8, 4) is 0 Å². The minimum absolute atomic E-state index is 0.191. The molecule has 0 aliphatic rings. The summed E-state index contributed by atoms with van der Waals surface area (Å²) >= 11 is 0. The summed E-state index contributed by atoms with van der Waals surface area (Å²) in [5.74, 6) is -0.574. The van der Waals surface area contributed by atoms with Crippen molar-refractivity contribution >= 4 is 16.8 Å². The van der Waals surface area contributed by atoms with Gasteiger partial charge in [0, 0.05) is 16.7 Å². The minimum atomic E-state index is -3.84. The maximum absolute atomic E-state index is 11.8. The van der Waals surface area contributed by atoms with Gasteiger partial charge in [-0.1, -0.05) is 20.8 Å². The Hall–Kier alpha value is -0.300. The lowest BCUT2D eigenvalue weighted by molar-refractivity contribution is -0.130. The molecule has 0 unspecified atom stereocenters. The van der Waals surface area contributed by atoms with Gasteiger partial charge in [0.1, 0.15) is 0 Å². The average Bonchev–Trinajstić information content (AvgIpc) is 1.98. The Kier molecular flexibility index (Phi) is 4.82. The fourth-order valence-corrected chi connectivity index (χ4v) is 2.16. The van der Waals surface area contributed by atoms with Gasteiger partial charge in [0.25, 0.3) is 0 Å². The van der Waals surface area contributed by atoms with Crippen LogP contribution >= 0.6 is 10.9 Å². The fourth-order valence-electron chi connectivity index (χ4n) is 1.14. The Labute approximate surface area is 98.8 Å². The highest BCUT2D eigenvalue weighted by atomic mass is 32.3. The highest BCUT2D eigenvalue weighted by Gasteiger charge is 2.31. The molecule has 0 heterocycles. The van der Waals surface area contributed by atoms with Crippen LogP contribution in [0.5, 0.6) is 0 Å². The number of amides is 1. The first-order chi connectivity index (χ1) is 6.90. The zero-order valence-corrected chi connectivity index (χ0v) is 11.3. The lowest BCUT2D eigenvalue weighted by Gasteiger charge is -2.41. The number of carbonyl (C=O) groups excluding carboxylic acids is 1. The first-order valence-electron chi connectivity index (χ1n) is 5.19. The molecule has 16 heavy (non-hydrogen) atoms. The summed E-state index contributed by atoms with van der Waals surface area (Å²) in [6.45, 7) is 8.69. The quantitative estimate of drug-likeness (QED) is 0.699. The second kappa shape index (κ2) is 4.91. The van der Waals surface area contributed by atoms with Crippen molar-refractivity contribution in [3.05, 3.63) is 0 Å². The van der Waals surface area contributed by atoms with E-state index in [2.05, 4.69) is 5.32 Å². The summed E-state index contributed by atoms with van der Waals surface area (Å²) in [5.41, 5.74) is -1.44. The van der Waals surface area contributed by atoms with Crippen LogP contribution in [0.3, 0.4) is 0 Å². The summed E-state index contributed by atoms with van der Waals surface area (Å²) < 4.78 is 28.6. The molecule has 0 aliphatic heterocycles. The van der Waals surface area contributed by atoms with Crippen molar-refractivity contribution in [3.63, 3.8) is 0 Å². The van der Waals surface area contributed by atoms with E-state index in [4.69, 9.17) is 9.11 Å². The van der Waals surface area contributed by atoms with Gasteiger partial charge in [-0.25, -0.2) is 0 Å². The maximum Gasteiger partial charge on any atom is 0.226 e. The minimum Gasteiger partial charge on any atom is -0.773 e. The van der Waals surface area contributed by atoms with Crippen LogP contribution in [0.15, 0.2) is 0 Å². The number of rotatable bonds is 5. The van der Waals surface area contributed by atoms with Gasteiger partial charge in [0.15, 0.2) is 0 Å². The van der Waals surface area contributed by atoms with E-state index in [9.17, 15) is 9.35 Å². The largest absolute Gasteiger partial charge is 0.773 e. The Balaban J connectivity index is 4.55. The van der Waals surface area contributed by atoms with Crippen molar-refractivity contribution < 1.29 is 18.5 Å². The molecule has 5 nitrogen and oxygen atoms in total. The first kappa shape index (κ1) is 15.7. The number of hydrogen-bond donors (Lipinski definition) is 3. The van der Waals surface area contributed by atoms with E-state index in [0.29, 0.717) is 6.42 Å². The average molecular weight is 252 g/mol. The third kappa shape index (κ3) is 5.69. The van der Waals surface area contributed by atoms with Crippen LogP contribution in [0.25, 0.3) is 0 Å². The van der Waals surface area contributed by atoms with E-state index in [1.165, 1.54) is 0 Å². The van der Waals surface area contributed by atoms with E-state index in [-0.39, 0.29) is 11.7 Å². The molecule has 0 aliphatic carbocycles. The highest BCUT2D eigenvalue weighted by molar-refractivity contribution is 8.19. The van der Waals surface area contributed by atoms with Gasteiger partial charge in [-0.05, 0) is 20.3 Å². The van der Waals surface area contributed by atoms with Gasteiger partial charge in [0.05, 0.1) is 0 Å². The molecule has 0 aromatic carbocycles. The predicted octanol–water partition coefficient (Wildman–Crippen LogP) is 2.20. The fraction of sp³-hybridized carbons (Fsp3) is 0.900. The Morgan fingerprint density at radius 2 is 1.75 bits per heavy atom. The molecule has 0 bridgehead atoms. The van der Waals surface area contributed by atoms with E-state index in [1.807, 2.05) is 6.92 Å². The van der Waals surface area contributed by atoms with Gasteiger partial charge in [-0.15, -0.1) is 10.9 Å². The summed E-state index contributed by atoms with van der Waals surface area (Å²) in [5, 5.41) is 2.67. The van der Waals surface area contributed by atoms with Crippen LogP contribution in [0, 0.1) is 5.41 Å². The van der Waals surface area contributed by atoms with Gasteiger partial charge in [-0.2, -0.15) is 0 Å². The van der Waals surface area contributed by atoms with Crippen molar-refractivity contribution in [2.75, 3.05) is 5.75 Å². The van der Waals surface area contributed by atoms with Crippen LogP contribution in [0.4, 0.5) is 0 Å². The molecule has 0 fully saturated rings. The van der Waals surface area contributed by atoms with E-state index < -0.39 is 21.8 Å². The molecule has 0 radical (unpaired) electrons. The van der Waals surface area contributed by atoms with Gasteiger partial charge in [-0.3, -0.25) is 4.79 Å². The van der Waals surface area contributed by atoms with Crippen molar-refractivity contribution in [2.45, 2.75) is 46.6 Å². The number of nitrogens with one attached hydrogen (secondary N) is 1. The third-order valence-electron chi connectivity index (χ3n) is 2.50. The Bertz CT molecular complexity index is 258. The maximum atomic E-state index is 11.8. The third-order valence-corrected chi connectivity index (χ3v) is 3.60. The van der Waals surface area contributed by atoms with Gasteiger partial charge < -0.3 is 19.0 Å². The number of carbonyl (C=O) groups is 1. The van der Waals surface area contributed by atoms with Crippen LogP contribution in [-0.4, -0.2) is 30.9 Å². The summed E-state index contributed by atoms with van der Waals surface area (Å²) in [7, 11) is -3.84. The van der Waals surface area contributed by atoms with E-state index in [0.717, 1.165) is 0 Å². The molecule has 98 valence electrons. The monoisotopic (exact) mass is 252 g/mol. The smallest absolute Gasteiger partial charge is 0.226 e. The molecule has 0 saturated carbocycles.